The van der Waals surface area contributed by atoms with Gasteiger partial charge in [-0.05, 0) is 79.6 Å². The normalized spacial score (nSPS) is 23.8. The number of anilines is 2. The predicted octanol–water partition coefficient (Wildman–Crippen LogP) is 4.26. The highest BCUT2D eigenvalue weighted by molar-refractivity contribution is 5.88. The number of fused-ring (bicyclic) bond motifs is 1. The molecule has 1 aromatic heterocycles. The van der Waals surface area contributed by atoms with Crippen molar-refractivity contribution in [1.29, 1.82) is 0 Å². The molecule has 2 aliphatic rings. The number of carbonyl (C=O) groups excluding carboxylic acids is 1. The van der Waals surface area contributed by atoms with Crippen LogP contribution >= 0.6 is 0 Å². The first kappa shape index (κ1) is 21.5. The molecule has 1 aliphatic heterocycles. The van der Waals surface area contributed by atoms with E-state index in [9.17, 15) is 9.18 Å². The van der Waals surface area contributed by atoms with Gasteiger partial charge in [0.2, 0.25) is 5.91 Å². The molecule has 0 bridgehead atoms. The predicted molar refractivity (Wildman–Crippen MR) is 127 cm³/mol. The first-order valence-corrected chi connectivity index (χ1v) is 11.5. The number of hydrogen-bond donors (Lipinski definition) is 3. The Hall–Kier alpha value is -3.32. The lowest BCUT2D eigenvalue weighted by Crippen LogP contribution is -2.31. The van der Waals surface area contributed by atoms with E-state index in [1.54, 1.807) is 12.1 Å². The number of rotatable bonds is 6. The summed E-state index contributed by atoms with van der Waals surface area (Å²) < 4.78 is 13.6. The minimum absolute atomic E-state index is 0.0925. The first-order valence-electron chi connectivity index (χ1n) is 11.5. The molecular formula is C26H28FN5O. The van der Waals surface area contributed by atoms with Crippen molar-refractivity contribution < 1.29 is 9.18 Å². The molecule has 2 heterocycles. The molecule has 0 spiro atoms. The molecule has 7 heteroatoms. The molecular weight excluding hydrogens is 417 g/mol. The Morgan fingerprint density at radius 1 is 1.09 bits per heavy atom. The number of nitrogens with zero attached hydrogens (tertiary/aromatic N) is 2. The number of halogens is 1. The van der Waals surface area contributed by atoms with Crippen molar-refractivity contribution in [3.05, 3.63) is 72.0 Å². The summed E-state index contributed by atoms with van der Waals surface area (Å²) >= 11 is 0. The molecule has 2 aromatic carbocycles. The van der Waals surface area contributed by atoms with E-state index in [0.29, 0.717) is 23.9 Å². The average Bonchev–Trinajstić information content (AvgIpc) is 3.36. The van der Waals surface area contributed by atoms with Crippen LogP contribution in [-0.2, 0) is 11.2 Å². The van der Waals surface area contributed by atoms with Crippen LogP contribution in [0.2, 0.25) is 0 Å². The van der Waals surface area contributed by atoms with Gasteiger partial charge in [0.05, 0.1) is 5.69 Å². The van der Waals surface area contributed by atoms with E-state index in [0.717, 1.165) is 54.1 Å². The zero-order valence-electron chi connectivity index (χ0n) is 18.6. The van der Waals surface area contributed by atoms with Crippen LogP contribution in [0.4, 0.5) is 15.9 Å². The number of hydrogen-bond acceptors (Lipinski definition) is 5. The maximum absolute atomic E-state index is 13.6. The van der Waals surface area contributed by atoms with Crippen LogP contribution in [0.3, 0.4) is 0 Å². The van der Waals surface area contributed by atoms with Gasteiger partial charge in [-0.25, -0.2) is 4.39 Å². The van der Waals surface area contributed by atoms with Gasteiger partial charge in [-0.3, -0.25) is 4.79 Å². The largest absolute Gasteiger partial charge is 0.366 e. The summed E-state index contributed by atoms with van der Waals surface area (Å²) in [6.07, 6.45) is 3.04. The minimum Gasteiger partial charge on any atom is -0.366 e. The van der Waals surface area contributed by atoms with E-state index in [1.165, 1.54) is 13.0 Å². The molecule has 3 N–H and O–H groups in total. The SMILES string of the molecule is CC(=O)Nc1ccc(-c2ccc(N[C@H]3C[C@@H]4CN[C@@H](Cc5cccc(F)c5)[C@H]4C3)nn2)cc1. The summed E-state index contributed by atoms with van der Waals surface area (Å²) in [6.45, 7) is 2.51. The lowest BCUT2D eigenvalue weighted by atomic mass is 9.90. The van der Waals surface area contributed by atoms with Crippen LogP contribution in [0.5, 0.6) is 0 Å². The third-order valence-corrected chi connectivity index (χ3v) is 6.77. The van der Waals surface area contributed by atoms with Gasteiger partial charge in [0.25, 0.3) is 0 Å². The Morgan fingerprint density at radius 3 is 2.67 bits per heavy atom. The fourth-order valence-corrected chi connectivity index (χ4v) is 5.30. The molecule has 0 unspecified atom stereocenters. The van der Waals surface area contributed by atoms with Crippen LogP contribution < -0.4 is 16.0 Å². The van der Waals surface area contributed by atoms with Crippen LogP contribution in [0, 0.1) is 17.7 Å². The van der Waals surface area contributed by atoms with Gasteiger partial charge < -0.3 is 16.0 Å². The molecule has 0 radical (unpaired) electrons. The van der Waals surface area contributed by atoms with E-state index in [2.05, 4.69) is 26.1 Å². The number of aromatic nitrogens is 2. The molecule has 1 saturated heterocycles. The molecule has 5 rings (SSSR count). The summed E-state index contributed by atoms with van der Waals surface area (Å²) in [5.41, 5.74) is 3.55. The maximum atomic E-state index is 13.6. The van der Waals surface area contributed by atoms with Gasteiger partial charge in [0.15, 0.2) is 0 Å². The molecule has 6 nitrogen and oxygen atoms in total. The van der Waals surface area contributed by atoms with Gasteiger partial charge in [-0.2, -0.15) is 0 Å². The number of carbonyl (C=O) groups is 1. The van der Waals surface area contributed by atoms with Crippen LogP contribution in [0.1, 0.15) is 25.3 Å². The maximum Gasteiger partial charge on any atom is 0.221 e. The van der Waals surface area contributed by atoms with Crippen molar-refractivity contribution in [3.8, 4) is 11.3 Å². The fraction of sp³-hybridized carbons (Fsp3) is 0.346. The van der Waals surface area contributed by atoms with Gasteiger partial charge in [-0.1, -0.05) is 24.3 Å². The molecule has 170 valence electrons. The summed E-state index contributed by atoms with van der Waals surface area (Å²) in [4.78, 5) is 11.2. The molecule has 33 heavy (non-hydrogen) atoms. The lowest BCUT2D eigenvalue weighted by molar-refractivity contribution is -0.114. The lowest BCUT2D eigenvalue weighted by Gasteiger charge is -2.20. The van der Waals surface area contributed by atoms with Crippen molar-refractivity contribution >= 4 is 17.4 Å². The van der Waals surface area contributed by atoms with Gasteiger partial charge in [0, 0.05) is 30.3 Å². The van der Waals surface area contributed by atoms with Crippen molar-refractivity contribution in [2.45, 2.75) is 38.3 Å². The Labute approximate surface area is 193 Å². The first-order chi connectivity index (χ1) is 16.0. The molecule has 2 fully saturated rings. The number of nitrogens with one attached hydrogen (secondary N) is 3. The Morgan fingerprint density at radius 2 is 1.94 bits per heavy atom. The van der Waals surface area contributed by atoms with E-state index < -0.39 is 0 Å². The van der Waals surface area contributed by atoms with Crippen LogP contribution in [-0.4, -0.2) is 34.7 Å². The number of amides is 1. The van der Waals surface area contributed by atoms with E-state index in [-0.39, 0.29) is 11.7 Å². The fourth-order valence-electron chi connectivity index (χ4n) is 5.30. The van der Waals surface area contributed by atoms with Crippen LogP contribution in [0.25, 0.3) is 11.3 Å². The smallest absolute Gasteiger partial charge is 0.221 e. The van der Waals surface area contributed by atoms with Crippen molar-refractivity contribution in [1.82, 2.24) is 15.5 Å². The zero-order chi connectivity index (χ0) is 22.8. The molecule has 3 aromatic rings. The summed E-state index contributed by atoms with van der Waals surface area (Å²) in [7, 11) is 0. The molecule has 1 aliphatic carbocycles. The average molecular weight is 446 g/mol. The second kappa shape index (κ2) is 9.27. The van der Waals surface area contributed by atoms with Crippen molar-refractivity contribution in [2.75, 3.05) is 17.2 Å². The van der Waals surface area contributed by atoms with E-state index in [1.807, 2.05) is 42.5 Å². The highest BCUT2D eigenvalue weighted by Crippen LogP contribution is 2.40. The summed E-state index contributed by atoms with van der Waals surface area (Å²) in [5, 5.41) is 18.8. The Bertz CT molecular complexity index is 1120. The zero-order valence-corrected chi connectivity index (χ0v) is 18.6. The molecule has 1 saturated carbocycles. The van der Waals surface area contributed by atoms with Crippen LogP contribution in [0.15, 0.2) is 60.7 Å². The van der Waals surface area contributed by atoms with Crippen molar-refractivity contribution in [2.24, 2.45) is 11.8 Å². The monoisotopic (exact) mass is 445 g/mol. The summed E-state index contributed by atoms with van der Waals surface area (Å²) in [6, 6.07) is 19.2. The third-order valence-electron chi connectivity index (χ3n) is 6.77. The quantitative estimate of drug-likeness (QED) is 0.528. The molecule has 4 atom stereocenters. The highest BCUT2D eigenvalue weighted by atomic mass is 19.1. The number of benzene rings is 2. The topological polar surface area (TPSA) is 78.9 Å². The Balaban J connectivity index is 1.18. The highest BCUT2D eigenvalue weighted by Gasteiger charge is 2.43. The van der Waals surface area contributed by atoms with Gasteiger partial charge in [0.1, 0.15) is 11.6 Å². The van der Waals surface area contributed by atoms with Crippen molar-refractivity contribution in [3.63, 3.8) is 0 Å². The Kier molecular flexibility index (Phi) is 6.05. The van der Waals surface area contributed by atoms with E-state index in [4.69, 9.17) is 0 Å². The van der Waals surface area contributed by atoms with Gasteiger partial charge >= 0.3 is 0 Å². The second-order valence-corrected chi connectivity index (χ2v) is 9.15. The van der Waals surface area contributed by atoms with E-state index >= 15 is 0 Å². The second-order valence-electron chi connectivity index (χ2n) is 9.15. The van der Waals surface area contributed by atoms with Gasteiger partial charge in [-0.15, -0.1) is 10.2 Å². The minimum atomic E-state index is -0.168. The third kappa shape index (κ3) is 5.03. The standard InChI is InChI=1S/C26H28FN5O/c1-16(33)29-21-7-5-18(6-8-21)24-9-10-26(32-31-24)30-22-13-19-15-28-25(23(19)14-22)12-17-3-2-4-20(27)11-17/h2-11,19,22-23,25,28H,12-15H2,1H3,(H,29,33)(H,30,32)/t19-,22+,23+,25+/m1/s1. The molecule has 1 amide bonds. The summed E-state index contributed by atoms with van der Waals surface area (Å²) in [5.74, 6) is 1.74.